The van der Waals surface area contributed by atoms with Gasteiger partial charge in [0, 0.05) is 58.8 Å². The van der Waals surface area contributed by atoms with Crippen LogP contribution in [0, 0.1) is 6.92 Å². The van der Waals surface area contributed by atoms with Gasteiger partial charge in [-0.1, -0.05) is 36.4 Å². The number of benzene rings is 4. The average molecular weight is 410 g/mol. The molecule has 0 bridgehead atoms. The molecule has 0 aliphatic heterocycles. The molecule has 0 spiro atoms. The van der Waals surface area contributed by atoms with Crippen LogP contribution < -0.4 is 4.90 Å². The largest absolute Gasteiger partial charge is 0.345 e. The quantitative estimate of drug-likeness (QED) is 0.277. The first-order chi connectivity index (χ1) is 14.2. The summed E-state index contributed by atoms with van der Waals surface area (Å²) < 4.78 is 5.41. The third kappa shape index (κ3) is 2.65. The van der Waals surface area contributed by atoms with Crippen LogP contribution in [0.4, 0.5) is 11.4 Å². The summed E-state index contributed by atoms with van der Waals surface area (Å²) in [5.41, 5.74) is 3.76. The zero-order valence-electron chi connectivity index (χ0n) is 16.3. The van der Waals surface area contributed by atoms with Crippen LogP contribution in [0.15, 0.2) is 78.9 Å². The summed E-state index contributed by atoms with van der Waals surface area (Å²) >= 11 is 3.75. The van der Waals surface area contributed by atoms with Gasteiger partial charge in [0.1, 0.15) is 0 Å². The van der Waals surface area contributed by atoms with Gasteiger partial charge in [-0.25, -0.2) is 0 Å². The maximum Gasteiger partial charge on any atom is 0.0422 e. The molecule has 0 atom stereocenters. The molecule has 0 unspecified atom stereocenters. The first-order valence-corrected chi connectivity index (χ1v) is 11.4. The number of hydrogen-bond acceptors (Lipinski definition) is 3. The molecule has 0 fully saturated rings. The highest BCUT2D eigenvalue weighted by Gasteiger charge is 2.11. The summed E-state index contributed by atoms with van der Waals surface area (Å²) in [6, 6.07) is 29.1. The van der Waals surface area contributed by atoms with Crippen LogP contribution in [0.3, 0.4) is 0 Å². The molecule has 0 aliphatic rings. The highest BCUT2D eigenvalue weighted by molar-refractivity contribution is 7.26. The number of thiophene rings is 2. The molecular weight excluding hydrogens is 390 g/mol. The van der Waals surface area contributed by atoms with Crippen molar-refractivity contribution in [2.75, 3.05) is 11.9 Å². The lowest BCUT2D eigenvalue weighted by Gasteiger charge is -2.20. The van der Waals surface area contributed by atoms with Gasteiger partial charge in [-0.3, -0.25) is 0 Å². The Kier molecular flexibility index (Phi) is 3.70. The van der Waals surface area contributed by atoms with Crippen LogP contribution in [0.5, 0.6) is 0 Å². The van der Waals surface area contributed by atoms with Crippen LogP contribution in [0.1, 0.15) is 5.56 Å². The molecule has 3 heteroatoms. The monoisotopic (exact) mass is 409 g/mol. The third-order valence-corrected chi connectivity index (χ3v) is 8.01. The lowest BCUT2D eigenvalue weighted by atomic mass is 10.1. The van der Waals surface area contributed by atoms with Crippen molar-refractivity contribution in [3.63, 3.8) is 0 Å². The van der Waals surface area contributed by atoms with E-state index in [2.05, 4.69) is 97.7 Å². The number of nitrogens with zero attached hydrogens (tertiary/aromatic N) is 1. The molecule has 140 valence electrons. The zero-order chi connectivity index (χ0) is 19.5. The van der Waals surface area contributed by atoms with Crippen LogP contribution in [-0.2, 0) is 0 Å². The molecule has 2 heterocycles. The third-order valence-electron chi connectivity index (χ3n) is 5.75. The van der Waals surface area contributed by atoms with Crippen molar-refractivity contribution in [2.24, 2.45) is 0 Å². The second kappa shape index (κ2) is 6.31. The van der Waals surface area contributed by atoms with Crippen LogP contribution in [0.25, 0.3) is 40.3 Å². The maximum atomic E-state index is 2.33. The molecule has 6 rings (SSSR count). The van der Waals surface area contributed by atoms with Gasteiger partial charge in [0.25, 0.3) is 0 Å². The minimum atomic E-state index is 1.22. The van der Waals surface area contributed by atoms with Gasteiger partial charge in [0.2, 0.25) is 0 Å². The SMILES string of the molecule is Cc1ccc2c(c1)sc1cc(N(C)c3ccc4sc5ccccc5c4c3)ccc12. The first kappa shape index (κ1) is 17.0. The first-order valence-electron chi connectivity index (χ1n) is 9.75. The fourth-order valence-corrected chi connectivity index (χ4v) is 6.48. The van der Waals surface area contributed by atoms with Gasteiger partial charge in [0.05, 0.1) is 0 Å². The van der Waals surface area contributed by atoms with Crippen molar-refractivity contribution in [3.8, 4) is 0 Å². The predicted molar refractivity (Wildman–Crippen MR) is 131 cm³/mol. The molecule has 0 N–H and O–H groups in total. The lowest BCUT2D eigenvalue weighted by molar-refractivity contribution is 1.22. The molecule has 1 nitrogen and oxygen atoms in total. The normalized spacial score (nSPS) is 11.8. The summed E-state index contributed by atoms with van der Waals surface area (Å²) in [6.07, 6.45) is 0. The Hall–Kier alpha value is -2.88. The molecule has 0 saturated carbocycles. The fourth-order valence-electron chi connectivity index (χ4n) is 4.15. The maximum absolute atomic E-state index is 2.33. The van der Waals surface area contributed by atoms with Crippen molar-refractivity contribution < 1.29 is 0 Å². The van der Waals surface area contributed by atoms with E-state index in [1.165, 1.54) is 57.3 Å². The van der Waals surface area contributed by atoms with E-state index < -0.39 is 0 Å². The Morgan fingerprint density at radius 2 is 1.17 bits per heavy atom. The van der Waals surface area contributed by atoms with Crippen molar-refractivity contribution >= 4 is 74.4 Å². The van der Waals surface area contributed by atoms with Crippen molar-refractivity contribution in [3.05, 3.63) is 84.4 Å². The van der Waals surface area contributed by atoms with E-state index in [4.69, 9.17) is 0 Å². The summed E-state index contributed by atoms with van der Waals surface area (Å²) in [7, 11) is 2.16. The van der Waals surface area contributed by atoms with Crippen LogP contribution in [0.2, 0.25) is 0 Å². The minimum Gasteiger partial charge on any atom is -0.345 e. The molecule has 2 aromatic heterocycles. The number of hydrogen-bond donors (Lipinski definition) is 0. The van der Waals surface area contributed by atoms with Crippen molar-refractivity contribution in [2.45, 2.75) is 6.92 Å². The zero-order valence-corrected chi connectivity index (χ0v) is 17.9. The molecule has 0 amide bonds. The van der Waals surface area contributed by atoms with E-state index in [-0.39, 0.29) is 0 Å². The highest BCUT2D eigenvalue weighted by Crippen LogP contribution is 2.39. The molecule has 0 radical (unpaired) electrons. The van der Waals surface area contributed by atoms with E-state index in [9.17, 15) is 0 Å². The van der Waals surface area contributed by atoms with Crippen LogP contribution in [-0.4, -0.2) is 7.05 Å². The van der Waals surface area contributed by atoms with Gasteiger partial charge in [-0.05, 0) is 55.0 Å². The van der Waals surface area contributed by atoms with E-state index >= 15 is 0 Å². The van der Waals surface area contributed by atoms with Gasteiger partial charge < -0.3 is 4.90 Å². The second-order valence-corrected chi connectivity index (χ2v) is 9.79. The van der Waals surface area contributed by atoms with E-state index in [1.54, 1.807) is 0 Å². The smallest absolute Gasteiger partial charge is 0.0422 e. The second-order valence-electron chi connectivity index (χ2n) is 7.62. The molecule has 6 aromatic rings. The number of anilines is 2. The summed E-state index contributed by atoms with van der Waals surface area (Å²) in [4.78, 5) is 2.29. The standard InChI is InChI=1S/C26H19NS2/c1-16-7-10-20-21-11-8-18(15-26(21)29-25(20)13-16)27(2)17-9-12-24-22(14-17)19-5-3-4-6-23(19)28-24/h3-15H,1-2H3. The summed E-state index contributed by atoms with van der Waals surface area (Å²) in [5, 5.41) is 5.39. The minimum absolute atomic E-state index is 1.22. The van der Waals surface area contributed by atoms with Gasteiger partial charge >= 0.3 is 0 Å². The highest BCUT2D eigenvalue weighted by atomic mass is 32.1. The van der Waals surface area contributed by atoms with E-state index in [0.29, 0.717) is 0 Å². The topological polar surface area (TPSA) is 3.24 Å². The summed E-state index contributed by atoms with van der Waals surface area (Å²) in [6.45, 7) is 2.16. The average Bonchev–Trinajstić information content (AvgIpc) is 3.29. The van der Waals surface area contributed by atoms with E-state index in [0.717, 1.165) is 0 Å². The van der Waals surface area contributed by atoms with Gasteiger partial charge in [-0.15, -0.1) is 22.7 Å². The number of aryl methyl sites for hydroxylation is 1. The number of rotatable bonds is 2. The molecule has 0 aliphatic carbocycles. The molecular formula is C26H19NS2. The van der Waals surface area contributed by atoms with E-state index in [1.807, 2.05) is 22.7 Å². The van der Waals surface area contributed by atoms with Crippen LogP contribution >= 0.6 is 22.7 Å². The fraction of sp³-hybridized carbons (Fsp3) is 0.0769. The van der Waals surface area contributed by atoms with Gasteiger partial charge in [-0.2, -0.15) is 0 Å². The Morgan fingerprint density at radius 1 is 0.552 bits per heavy atom. The van der Waals surface area contributed by atoms with Crippen molar-refractivity contribution in [1.82, 2.24) is 0 Å². The Balaban J connectivity index is 1.47. The molecule has 29 heavy (non-hydrogen) atoms. The molecule has 4 aromatic carbocycles. The van der Waals surface area contributed by atoms with Gasteiger partial charge in [0.15, 0.2) is 0 Å². The lowest BCUT2D eigenvalue weighted by Crippen LogP contribution is -2.08. The summed E-state index contributed by atoms with van der Waals surface area (Å²) in [5.74, 6) is 0. The Labute approximate surface area is 177 Å². The van der Waals surface area contributed by atoms with Crippen molar-refractivity contribution in [1.29, 1.82) is 0 Å². The Bertz CT molecular complexity index is 1540. The predicted octanol–water partition coefficient (Wildman–Crippen LogP) is 8.50. The number of fused-ring (bicyclic) bond motifs is 6. The Morgan fingerprint density at radius 3 is 2.07 bits per heavy atom. The molecule has 0 saturated heterocycles.